The Morgan fingerprint density at radius 1 is 1.12 bits per heavy atom. The van der Waals surface area contributed by atoms with Gasteiger partial charge in [-0.1, -0.05) is 31.4 Å². The SMILES string of the molecule is O=C(CCn1cnc2ccccc2c1=O)N1CC[C@H]2CCCC[C@H]2C1. The van der Waals surface area contributed by atoms with E-state index in [0.29, 0.717) is 29.8 Å². The van der Waals surface area contributed by atoms with E-state index in [1.54, 1.807) is 17.0 Å². The summed E-state index contributed by atoms with van der Waals surface area (Å²) in [5.74, 6) is 1.69. The predicted molar refractivity (Wildman–Crippen MR) is 97.3 cm³/mol. The molecule has 4 rings (SSSR count). The number of aryl methyl sites for hydroxylation is 1. The third kappa shape index (κ3) is 3.32. The first-order valence-corrected chi connectivity index (χ1v) is 9.44. The Bertz CT molecular complexity index is 829. The van der Waals surface area contributed by atoms with E-state index in [2.05, 4.69) is 4.98 Å². The fraction of sp³-hybridized carbons (Fsp3) is 0.550. The smallest absolute Gasteiger partial charge is 0.261 e. The average Bonchev–Trinajstić information content (AvgIpc) is 2.67. The number of carbonyl (C=O) groups is 1. The maximum absolute atomic E-state index is 12.6. The number of piperidine rings is 1. The molecule has 25 heavy (non-hydrogen) atoms. The lowest BCUT2D eigenvalue weighted by molar-refractivity contribution is -0.134. The number of para-hydroxylation sites is 1. The third-order valence-corrected chi connectivity index (χ3v) is 5.94. The summed E-state index contributed by atoms with van der Waals surface area (Å²) in [6, 6.07) is 7.34. The van der Waals surface area contributed by atoms with Crippen LogP contribution in [0.4, 0.5) is 0 Å². The van der Waals surface area contributed by atoms with E-state index >= 15 is 0 Å². The van der Waals surface area contributed by atoms with Gasteiger partial charge in [0.15, 0.2) is 0 Å². The van der Waals surface area contributed by atoms with Gasteiger partial charge < -0.3 is 4.90 Å². The monoisotopic (exact) mass is 339 g/mol. The minimum absolute atomic E-state index is 0.0654. The highest BCUT2D eigenvalue weighted by Crippen LogP contribution is 2.36. The van der Waals surface area contributed by atoms with E-state index in [1.165, 1.54) is 25.7 Å². The first kappa shape index (κ1) is 16.3. The van der Waals surface area contributed by atoms with Crippen molar-refractivity contribution in [3.05, 3.63) is 40.9 Å². The van der Waals surface area contributed by atoms with Gasteiger partial charge in [-0.15, -0.1) is 0 Å². The Morgan fingerprint density at radius 3 is 2.80 bits per heavy atom. The van der Waals surface area contributed by atoms with Crippen molar-refractivity contribution in [3.63, 3.8) is 0 Å². The Hall–Kier alpha value is -2.17. The summed E-state index contributed by atoms with van der Waals surface area (Å²) >= 11 is 0. The molecule has 2 heterocycles. The summed E-state index contributed by atoms with van der Waals surface area (Å²) in [5.41, 5.74) is 0.638. The number of hydrogen-bond donors (Lipinski definition) is 0. The number of rotatable bonds is 3. The Morgan fingerprint density at radius 2 is 1.92 bits per heavy atom. The summed E-state index contributed by atoms with van der Waals surface area (Å²) in [6.45, 7) is 2.19. The molecule has 1 aliphatic carbocycles. The number of benzene rings is 1. The van der Waals surface area contributed by atoms with Gasteiger partial charge in [-0.05, 0) is 36.8 Å². The first-order chi connectivity index (χ1) is 12.2. The second kappa shape index (κ2) is 6.98. The summed E-state index contributed by atoms with van der Waals surface area (Å²) < 4.78 is 1.56. The molecule has 2 atom stereocenters. The maximum atomic E-state index is 12.6. The Labute approximate surface area is 147 Å². The van der Waals surface area contributed by atoms with Crippen LogP contribution in [0.15, 0.2) is 35.4 Å². The van der Waals surface area contributed by atoms with Crippen LogP contribution in [0.25, 0.3) is 10.9 Å². The van der Waals surface area contributed by atoms with Gasteiger partial charge >= 0.3 is 0 Å². The van der Waals surface area contributed by atoms with Crippen molar-refractivity contribution >= 4 is 16.8 Å². The molecule has 0 spiro atoms. The number of carbonyl (C=O) groups excluding carboxylic acids is 1. The third-order valence-electron chi connectivity index (χ3n) is 5.94. The van der Waals surface area contributed by atoms with Crippen LogP contribution < -0.4 is 5.56 Å². The maximum Gasteiger partial charge on any atom is 0.261 e. The number of aromatic nitrogens is 2. The highest BCUT2D eigenvalue weighted by atomic mass is 16.2. The molecule has 1 aromatic heterocycles. The number of amides is 1. The van der Waals surface area contributed by atoms with Gasteiger partial charge in [0.2, 0.25) is 5.91 Å². The molecule has 5 nitrogen and oxygen atoms in total. The van der Waals surface area contributed by atoms with Crippen molar-refractivity contribution in [2.24, 2.45) is 11.8 Å². The zero-order valence-electron chi connectivity index (χ0n) is 14.6. The highest BCUT2D eigenvalue weighted by molar-refractivity contribution is 5.77. The molecule has 2 aromatic rings. The number of fused-ring (bicyclic) bond motifs is 2. The molecular weight excluding hydrogens is 314 g/mol. The molecule has 0 unspecified atom stereocenters. The lowest BCUT2D eigenvalue weighted by Crippen LogP contribution is -2.45. The van der Waals surface area contributed by atoms with E-state index in [9.17, 15) is 9.59 Å². The van der Waals surface area contributed by atoms with Gasteiger partial charge in [-0.25, -0.2) is 4.98 Å². The van der Waals surface area contributed by atoms with Crippen LogP contribution in [0.1, 0.15) is 38.5 Å². The van der Waals surface area contributed by atoms with Crippen LogP contribution in [0.2, 0.25) is 0 Å². The molecule has 1 aliphatic heterocycles. The molecule has 0 radical (unpaired) electrons. The largest absolute Gasteiger partial charge is 0.342 e. The molecule has 2 aliphatic rings. The van der Waals surface area contributed by atoms with E-state index in [-0.39, 0.29) is 11.5 Å². The molecule has 0 bridgehead atoms. The van der Waals surface area contributed by atoms with Crippen LogP contribution in [0, 0.1) is 11.8 Å². The van der Waals surface area contributed by atoms with Crippen molar-refractivity contribution in [3.8, 4) is 0 Å². The molecule has 1 saturated heterocycles. The number of nitrogens with zero attached hydrogens (tertiary/aromatic N) is 3. The van der Waals surface area contributed by atoms with E-state index in [4.69, 9.17) is 0 Å². The van der Waals surface area contributed by atoms with Crippen molar-refractivity contribution in [1.29, 1.82) is 0 Å². The van der Waals surface area contributed by atoms with Gasteiger partial charge in [0.25, 0.3) is 5.56 Å². The molecular formula is C20H25N3O2. The first-order valence-electron chi connectivity index (χ1n) is 9.44. The van der Waals surface area contributed by atoms with Crippen molar-refractivity contribution in [2.75, 3.05) is 13.1 Å². The highest BCUT2D eigenvalue weighted by Gasteiger charge is 2.32. The van der Waals surface area contributed by atoms with Crippen LogP contribution in [0.5, 0.6) is 0 Å². The Kier molecular flexibility index (Phi) is 4.55. The fourth-order valence-corrected chi connectivity index (χ4v) is 4.47. The normalized spacial score (nSPS) is 23.4. The molecule has 5 heteroatoms. The Balaban J connectivity index is 1.40. The predicted octanol–water partition coefficient (Wildman–Crippen LogP) is 2.83. The van der Waals surface area contributed by atoms with Crippen molar-refractivity contribution < 1.29 is 4.79 Å². The van der Waals surface area contributed by atoms with E-state index in [0.717, 1.165) is 25.4 Å². The minimum Gasteiger partial charge on any atom is -0.342 e. The van der Waals surface area contributed by atoms with Gasteiger partial charge in [-0.3, -0.25) is 14.2 Å². The lowest BCUT2D eigenvalue weighted by Gasteiger charge is -2.41. The van der Waals surface area contributed by atoms with Crippen LogP contribution in [-0.4, -0.2) is 33.4 Å². The summed E-state index contributed by atoms with van der Waals surface area (Å²) in [4.78, 5) is 31.5. The molecule has 1 saturated carbocycles. The lowest BCUT2D eigenvalue weighted by atomic mass is 9.75. The average molecular weight is 339 g/mol. The summed E-state index contributed by atoms with van der Waals surface area (Å²) in [7, 11) is 0. The molecule has 132 valence electrons. The summed E-state index contributed by atoms with van der Waals surface area (Å²) in [6.07, 6.45) is 8.35. The number of likely N-dealkylation sites (tertiary alicyclic amines) is 1. The van der Waals surface area contributed by atoms with Crippen LogP contribution >= 0.6 is 0 Å². The second-order valence-corrected chi connectivity index (χ2v) is 7.44. The van der Waals surface area contributed by atoms with Gasteiger partial charge in [0.05, 0.1) is 17.2 Å². The second-order valence-electron chi connectivity index (χ2n) is 7.44. The minimum atomic E-state index is -0.0654. The fourth-order valence-electron chi connectivity index (χ4n) is 4.47. The topological polar surface area (TPSA) is 55.2 Å². The van der Waals surface area contributed by atoms with Gasteiger partial charge in [0, 0.05) is 26.1 Å². The molecule has 1 amide bonds. The van der Waals surface area contributed by atoms with E-state index in [1.807, 2.05) is 23.1 Å². The standard InChI is InChI=1S/C20H25N3O2/c24-19(22-11-9-15-5-1-2-6-16(15)13-22)10-12-23-14-21-18-8-4-3-7-17(18)20(23)25/h3-4,7-8,14-16H,1-2,5-6,9-13H2/t15-,16+/m1/s1. The molecule has 2 fully saturated rings. The van der Waals surface area contributed by atoms with E-state index < -0.39 is 0 Å². The zero-order chi connectivity index (χ0) is 17.2. The van der Waals surface area contributed by atoms with Crippen molar-refractivity contribution in [1.82, 2.24) is 14.5 Å². The zero-order valence-corrected chi connectivity index (χ0v) is 14.6. The van der Waals surface area contributed by atoms with Gasteiger partial charge in [-0.2, -0.15) is 0 Å². The number of hydrogen-bond acceptors (Lipinski definition) is 3. The quantitative estimate of drug-likeness (QED) is 0.864. The van der Waals surface area contributed by atoms with Crippen LogP contribution in [0.3, 0.4) is 0 Å². The van der Waals surface area contributed by atoms with Gasteiger partial charge in [0.1, 0.15) is 0 Å². The van der Waals surface area contributed by atoms with Crippen LogP contribution in [-0.2, 0) is 11.3 Å². The summed E-state index contributed by atoms with van der Waals surface area (Å²) in [5, 5.41) is 0.612. The molecule has 1 aromatic carbocycles. The van der Waals surface area contributed by atoms with Crippen molar-refractivity contribution in [2.45, 2.75) is 45.1 Å². The molecule has 0 N–H and O–H groups in total.